The number of nitrogens with one attached hydrogen (secondary N) is 3. The SMILES string of the molecule is CCN(C)S(=O)(=O)Nc1ccc(F)c(C(=O)c2c[nH]c3ncc(-c4ccc(N5CCN(C(=O)CC6(O)CCN(c7ccc8c(N9CCC(=O)NC9=O)nn(C)c8c7)CC6)CC5)cc4)cc23)c1F. The van der Waals surface area contributed by atoms with E-state index in [1.54, 1.807) is 35.8 Å². The number of anilines is 4. The molecule has 0 radical (unpaired) electrons. The summed E-state index contributed by atoms with van der Waals surface area (Å²) in [5, 5.41) is 19.6. The molecular weight excluding hydrogens is 889 g/mol. The van der Waals surface area contributed by atoms with Crippen LogP contribution in [0.15, 0.2) is 73.1 Å². The third-order valence-corrected chi connectivity index (χ3v) is 14.6. The van der Waals surface area contributed by atoms with E-state index in [1.165, 1.54) is 18.1 Å². The standard InChI is InChI=1S/C46H49F2N11O7S/c1-4-54(2)67(65,66)53-36-12-11-35(47)40(41(36)48)42(62)34-27-50-43-33(34)23-29(26-49-43)28-5-7-30(8-6-28)57-19-21-58(22-20-57)39(61)25-46(64)14-17-56(18-15-46)31-9-10-32-37(24-31)55(3)52-44(32)59-16-13-38(60)51-45(59)63/h5-12,23-24,26-27,53,64H,4,13-22,25H2,1-3H3,(H,49,50)(H,51,60,63). The van der Waals surface area contributed by atoms with Gasteiger partial charge in [-0.3, -0.25) is 34.0 Å². The number of piperazine rings is 1. The van der Waals surface area contributed by atoms with Crippen LogP contribution in [0.25, 0.3) is 33.1 Å². The number of hydrogen-bond acceptors (Lipinski definition) is 11. The lowest BCUT2D eigenvalue weighted by atomic mass is 9.87. The maximum Gasteiger partial charge on any atom is 0.329 e. The number of halogens is 2. The molecule has 0 bridgehead atoms. The van der Waals surface area contributed by atoms with Crippen molar-refractivity contribution in [1.29, 1.82) is 0 Å². The van der Waals surface area contributed by atoms with Crippen molar-refractivity contribution in [1.82, 2.24) is 34.3 Å². The highest BCUT2D eigenvalue weighted by Crippen LogP contribution is 2.35. The highest BCUT2D eigenvalue weighted by atomic mass is 32.2. The molecule has 3 fully saturated rings. The fourth-order valence-corrected chi connectivity index (χ4v) is 9.86. The number of hydrogen-bond donors (Lipinski definition) is 4. The first-order valence-corrected chi connectivity index (χ1v) is 23.4. The quantitative estimate of drug-likeness (QED) is 0.123. The van der Waals surface area contributed by atoms with Gasteiger partial charge < -0.3 is 24.8 Å². The fourth-order valence-electron chi connectivity index (χ4n) is 8.93. The zero-order chi connectivity index (χ0) is 47.4. The van der Waals surface area contributed by atoms with Gasteiger partial charge in [0.25, 0.3) is 0 Å². The summed E-state index contributed by atoms with van der Waals surface area (Å²) >= 11 is 0. The Kier molecular flexibility index (Phi) is 11.9. The van der Waals surface area contributed by atoms with Crippen molar-refractivity contribution in [2.75, 3.05) is 78.8 Å². The number of rotatable bonds is 12. The number of carbonyl (C=O) groups is 4. The number of carbonyl (C=O) groups excluding carboxylic acids is 4. The van der Waals surface area contributed by atoms with Crippen molar-refractivity contribution in [2.45, 2.75) is 38.2 Å². The number of ketones is 1. The molecule has 3 aromatic heterocycles. The predicted molar refractivity (Wildman–Crippen MR) is 248 cm³/mol. The Labute approximate surface area is 384 Å². The summed E-state index contributed by atoms with van der Waals surface area (Å²) in [5.74, 6) is -3.39. The van der Waals surface area contributed by atoms with Gasteiger partial charge in [0.15, 0.2) is 11.6 Å². The van der Waals surface area contributed by atoms with Crippen LogP contribution in [0.1, 0.15) is 48.5 Å². The summed E-state index contributed by atoms with van der Waals surface area (Å²) < 4.78 is 60.6. The Hall–Kier alpha value is -6.97. The Morgan fingerprint density at radius 2 is 1.60 bits per heavy atom. The molecule has 0 aliphatic carbocycles. The first kappa shape index (κ1) is 45.2. The zero-order valence-electron chi connectivity index (χ0n) is 37.1. The second-order valence-corrected chi connectivity index (χ2v) is 18.9. The number of fused-ring (bicyclic) bond motifs is 2. The number of nitrogens with zero attached hydrogens (tertiary/aromatic N) is 8. The summed E-state index contributed by atoms with van der Waals surface area (Å²) in [6, 6.07) is 16.6. The van der Waals surface area contributed by atoms with Crippen LogP contribution >= 0.6 is 0 Å². The van der Waals surface area contributed by atoms with Crippen molar-refractivity contribution in [3.05, 3.63) is 95.8 Å². The van der Waals surface area contributed by atoms with E-state index in [4.69, 9.17) is 0 Å². The van der Waals surface area contributed by atoms with E-state index in [9.17, 15) is 32.7 Å². The molecule has 3 aliphatic rings. The Morgan fingerprint density at radius 1 is 0.896 bits per heavy atom. The fraction of sp³-hybridized carbons (Fsp3) is 0.348. The van der Waals surface area contributed by atoms with Crippen LogP contribution in [0.4, 0.5) is 36.5 Å². The molecule has 0 atom stereocenters. The van der Waals surface area contributed by atoms with Gasteiger partial charge in [0.1, 0.15) is 11.5 Å². The lowest BCUT2D eigenvalue weighted by molar-refractivity contribution is -0.137. The maximum absolute atomic E-state index is 15.7. The predicted octanol–water partition coefficient (Wildman–Crippen LogP) is 4.75. The van der Waals surface area contributed by atoms with Crippen LogP contribution in [0.5, 0.6) is 0 Å². The number of piperidine rings is 1. The number of benzene rings is 3. The number of aryl methyl sites for hydroxylation is 1. The van der Waals surface area contributed by atoms with Crippen LogP contribution in [-0.2, 0) is 26.8 Å². The largest absolute Gasteiger partial charge is 0.389 e. The summed E-state index contributed by atoms with van der Waals surface area (Å²) in [6.07, 6.45) is 4.00. The molecule has 6 heterocycles. The van der Waals surface area contributed by atoms with Crippen LogP contribution < -0.4 is 24.7 Å². The van der Waals surface area contributed by atoms with Gasteiger partial charge in [-0.05, 0) is 66.9 Å². The smallest absolute Gasteiger partial charge is 0.329 e. The van der Waals surface area contributed by atoms with Crippen LogP contribution in [-0.4, -0.2) is 131 Å². The second kappa shape index (κ2) is 17.7. The molecular formula is C46H49F2N11O7S. The van der Waals surface area contributed by atoms with Gasteiger partial charge in [0.2, 0.25) is 17.6 Å². The summed E-state index contributed by atoms with van der Waals surface area (Å²) in [7, 11) is -1.06. The highest BCUT2D eigenvalue weighted by Gasteiger charge is 2.37. The number of amides is 4. The Morgan fingerprint density at radius 3 is 2.30 bits per heavy atom. The van der Waals surface area contributed by atoms with E-state index in [-0.39, 0.29) is 43.3 Å². The van der Waals surface area contributed by atoms with Gasteiger partial charge in [-0.25, -0.2) is 18.6 Å². The third kappa shape index (κ3) is 8.76. The van der Waals surface area contributed by atoms with E-state index < -0.39 is 50.5 Å². The minimum atomic E-state index is -4.15. The molecule has 9 rings (SSSR count). The molecule has 21 heteroatoms. The van der Waals surface area contributed by atoms with Gasteiger partial charge in [-0.1, -0.05) is 19.1 Å². The maximum atomic E-state index is 15.7. The van der Waals surface area contributed by atoms with E-state index in [2.05, 4.69) is 34.9 Å². The van der Waals surface area contributed by atoms with Crippen molar-refractivity contribution in [3.8, 4) is 11.1 Å². The number of aromatic amines is 1. The van der Waals surface area contributed by atoms with Gasteiger partial charge in [0, 0.05) is 119 Å². The van der Waals surface area contributed by atoms with Crippen LogP contribution in [0, 0.1) is 11.6 Å². The van der Waals surface area contributed by atoms with E-state index in [1.807, 2.05) is 42.5 Å². The molecule has 350 valence electrons. The molecule has 0 spiro atoms. The number of urea groups is 1. The minimum Gasteiger partial charge on any atom is -0.389 e. The molecule has 6 aromatic rings. The van der Waals surface area contributed by atoms with E-state index in [0.29, 0.717) is 74.5 Å². The average Bonchev–Trinajstić information content (AvgIpc) is 3.89. The zero-order valence-corrected chi connectivity index (χ0v) is 37.9. The molecule has 0 saturated carbocycles. The number of aromatic nitrogens is 4. The van der Waals surface area contributed by atoms with Gasteiger partial charge in [-0.2, -0.15) is 17.8 Å². The average molecular weight is 938 g/mol. The van der Waals surface area contributed by atoms with Crippen LogP contribution in [0.3, 0.4) is 0 Å². The topological polar surface area (TPSA) is 209 Å². The summed E-state index contributed by atoms with van der Waals surface area (Å²) in [4.78, 5) is 66.4. The van der Waals surface area contributed by atoms with Crippen molar-refractivity contribution >= 4 is 78.7 Å². The number of H-pyrrole nitrogens is 1. The molecule has 18 nitrogen and oxygen atoms in total. The van der Waals surface area contributed by atoms with Crippen LogP contribution in [0.2, 0.25) is 0 Å². The van der Waals surface area contributed by atoms with Gasteiger partial charge in [-0.15, -0.1) is 0 Å². The first-order valence-electron chi connectivity index (χ1n) is 21.9. The molecule has 3 saturated heterocycles. The number of pyridine rings is 1. The molecule has 67 heavy (non-hydrogen) atoms. The first-order chi connectivity index (χ1) is 32.0. The Balaban J connectivity index is 0.798. The van der Waals surface area contributed by atoms with E-state index in [0.717, 1.165) is 44.3 Å². The molecule has 3 aromatic carbocycles. The normalized spacial score (nSPS) is 16.9. The molecule has 4 N–H and O–H groups in total. The highest BCUT2D eigenvalue weighted by molar-refractivity contribution is 7.90. The molecule has 3 aliphatic heterocycles. The summed E-state index contributed by atoms with van der Waals surface area (Å²) in [5.41, 5.74) is 1.79. The van der Waals surface area contributed by atoms with Crippen molar-refractivity contribution in [2.24, 2.45) is 7.05 Å². The minimum absolute atomic E-state index is 0.0293. The Bertz CT molecular complexity index is 3050. The monoisotopic (exact) mass is 937 g/mol. The molecule has 0 unspecified atom stereocenters. The second-order valence-electron chi connectivity index (χ2n) is 17.2. The van der Waals surface area contributed by atoms with Crippen molar-refractivity contribution < 1.29 is 41.5 Å². The number of aliphatic hydroxyl groups is 1. The van der Waals surface area contributed by atoms with E-state index >= 15 is 8.78 Å². The van der Waals surface area contributed by atoms with Gasteiger partial charge >= 0.3 is 16.2 Å². The lowest BCUT2D eigenvalue weighted by Crippen LogP contribution is -2.52. The third-order valence-electron chi connectivity index (χ3n) is 13.1. The molecule has 4 amide bonds. The summed E-state index contributed by atoms with van der Waals surface area (Å²) in [6.45, 7) is 5.19. The van der Waals surface area contributed by atoms with Gasteiger partial charge in [0.05, 0.1) is 28.8 Å². The lowest BCUT2D eigenvalue weighted by Gasteiger charge is -2.41. The van der Waals surface area contributed by atoms with Crippen molar-refractivity contribution in [3.63, 3.8) is 0 Å². The number of imide groups is 1.